The number of benzene rings is 1. The van der Waals surface area contributed by atoms with Crippen LogP contribution in [0.25, 0.3) is 0 Å². The Morgan fingerprint density at radius 3 is 1.71 bits per heavy atom. The number of guanidine groups is 2. The fraction of sp³-hybridized carbons (Fsp3) is 0.370. The summed E-state index contributed by atoms with van der Waals surface area (Å²) in [6.45, 7) is 0.446. The lowest BCUT2D eigenvalue weighted by atomic mass is 10.0. The second-order valence-corrected chi connectivity index (χ2v) is 9.31. The molecule has 14 heteroatoms. The molecule has 1 aliphatic carbocycles. The van der Waals surface area contributed by atoms with Gasteiger partial charge in [-0.25, -0.2) is 0 Å². The van der Waals surface area contributed by atoms with E-state index in [4.69, 9.17) is 28.7 Å². The maximum atomic E-state index is 13.4. The zero-order valence-electron chi connectivity index (χ0n) is 22.8. The minimum atomic E-state index is -1.08. The van der Waals surface area contributed by atoms with E-state index in [1.807, 2.05) is 6.07 Å². The summed E-state index contributed by atoms with van der Waals surface area (Å²) in [6.07, 6.45) is 7.83. The Balaban J connectivity index is 2.21. The Labute approximate surface area is 238 Å². The van der Waals surface area contributed by atoms with E-state index in [2.05, 4.69) is 25.9 Å². The number of rotatable bonds is 17. The topological polar surface area (TPSA) is 265 Å². The zero-order chi connectivity index (χ0) is 30.2. The predicted octanol–water partition coefficient (Wildman–Crippen LogP) is -2.55. The van der Waals surface area contributed by atoms with Crippen LogP contribution in [-0.4, -0.2) is 60.9 Å². The number of nitrogens with one attached hydrogen (secondary N) is 3. The first-order valence-electron chi connectivity index (χ1n) is 13.1. The van der Waals surface area contributed by atoms with E-state index in [0.29, 0.717) is 18.4 Å². The van der Waals surface area contributed by atoms with Gasteiger partial charge in [-0.05, 0) is 42.7 Å². The molecule has 0 spiro atoms. The van der Waals surface area contributed by atoms with Gasteiger partial charge in [-0.1, -0.05) is 54.6 Å². The summed E-state index contributed by atoms with van der Waals surface area (Å²) < 4.78 is 0. The van der Waals surface area contributed by atoms with Gasteiger partial charge in [0.05, 0.1) is 0 Å². The van der Waals surface area contributed by atoms with Crippen molar-refractivity contribution in [1.82, 2.24) is 16.0 Å². The highest BCUT2D eigenvalue weighted by Gasteiger charge is 2.28. The quantitative estimate of drug-likeness (QED) is 0.0425. The van der Waals surface area contributed by atoms with Crippen molar-refractivity contribution in [2.24, 2.45) is 38.7 Å². The predicted molar refractivity (Wildman–Crippen MR) is 155 cm³/mol. The van der Waals surface area contributed by atoms with Crippen molar-refractivity contribution in [1.29, 1.82) is 0 Å². The van der Waals surface area contributed by atoms with Crippen molar-refractivity contribution < 1.29 is 19.5 Å². The molecular weight excluding hydrogens is 528 g/mol. The maximum Gasteiger partial charge on any atom is 0.243 e. The van der Waals surface area contributed by atoms with Gasteiger partial charge in [-0.2, -0.15) is 0 Å². The molecule has 0 aromatic heterocycles. The molecule has 0 heterocycles. The Hall–Kier alpha value is -5.01. The van der Waals surface area contributed by atoms with E-state index >= 15 is 0 Å². The van der Waals surface area contributed by atoms with E-state index < -0.39 is 41.7 Å². The number of nitrogens with two attached hydrogens (primary N) is 5. The van der Waals surface area contributed by atoms with Crippen LogP contribution in [0.4, 0.5) is 0 Å². The van der Waals surface area contributed by atoms with Crippen LogP contribution in [0.5, 0.6) is 0 Å². The standard InChI is InChI=1S/C27H40N10O4/c28-22(38)21(16-17-8-2-1-3-9-17)37-25(41)20(13-7-15-34-27(31)32)36-24(40)19(12-6-14-33-26(29)30)35-23(39)18-10-4-5-11-18/h1-5,8-11,19-21,35,39H,6-7,12-16H2,(H2,28,38)(H,36,40)(H,37,41)(H4,29,30,33)(H4,31,32,34)/p-1/t19-,20-,21-/m0/s1. The molecular formula is C27H39N10O4-. The van der Waals surface area contributed by atoms with Gasteiger partial charge >= 0.3 is 0 Å². The van der Waals surface area contributed by atoms with Crippen molar-refractivity contribution >= 4 is 29.6 Å². The molecule has 1 aromatic carbocycles. The summed E-state index contributed by atoms with van der Waals surface area (Å²) in [6, 6.07) is 5.94. The summed E-state index contributed by atoms with van der Waals surface area (Å²) >= 11 is 0. The molecule has 0 bridgehead atoms. The highest BCUT2D eigenvalue weighted by atomic mass is 16.3. The number of hydrogen-bond donors (Lipinski definition) is 8. The number of allylic oxidation sites excluding steroid dienone is 5. The van der Waals surface area contributed by atoms with Gasteiger partial charge in [0.15, 0.2) is 11.9 Å². The summed E-state index contributed by atoms with van der Waals surface area (Å²) in [5.41, 5.74) is 28.3. The third-order valence-corrected chi connectivity index (χ3v) is 6.01. The average molecular weight is 568 g/mol. The number of carbonyl (C=O) groups excluding carboxylic acids is 3. The Morgan fingerprint density at radius 2 is 1.22 bits per heavy atom. The van der Waals surface area contributed by atoms with Gasteiger partial charge in [-0.3, -0.25) is 24.4 Å². The largest absolute Gasteiger partial charge is 0.860 e. The van der Waals surface area contributed by atoms with Crippen LogP contribution in [0.15, 0.2) is 76.1 Å². The lowest BCUT2D eigenvalue weighted by molar-refractivity contribution is -0.313. The molecule has 0 saturated carbocycles. The highest BCUT2D eigenvalue weighted by molar-refractivity contribution is 5.93. The lowest BCUT2D eigenvalue weighted by Crippen LogP contribution is -2.56. The van der Waals surface area contributed by atoms with E-state index in [0.717, 1.165) is 5.56 Å². The molecule has 0 saturated heterocycles. The molecule has 3 atom stereocenters. The monoisotopic (exact) mass is 567 g/mol. The molecule has 0 unspecified atom stereocenters. The second-order valence-electron chi connectivity index (χ2n) is 9.31. The van der Waals surface area contributed by atoms with E-state index in [1.54, 1.807) is 48.6 Å². The van der Waals surface area contributed by atoms with E-state index in [1.165, 1.54) is 0 Å². The molecule has 1 aromatic rings. The van der Waals surface area contributed by atoms with Crippen molar-refractivity contribution in [2.75, 3.05) is 13.1 Å². The fourth-order valence-corrected chi connectivity index (χ4v) is 3.93. The smallest absolute Gasteiger partial charge is 0.243 e. The zero-order valence-corrected chi connectivity index (χ0v) is 22.8. The molecule has 1 aliphatic rings. The third-order valence-electron chi connectivity index (χ3n) is 6.01. The number of amides is 3. The molecule has 2 rings (SSSR count). The Bertz CT molecular complexity index is 1170. The van der Waals surface area contributed by atoms with Gasteiger partial charge in [0.25, 0.3) is 0 Å². The van der Waals surface area contributed by atoms with Gasteiger partial charge in [0.2, 0.25) is 17.7 Å². The van der Waals surface area contributed by atoms with E-state index in [9.17, 15) is 19.5 Å². The Morgan fingerprint density at radius 1 is 0.732 bits per heavy atom. The molecule has 222 valence electrons. The molecule has 0 radical (unpaired) electrons. The summed E-state index contributed by atoms with van der Waals surface area (Å²) in [5, 5.41) is 20.8. The molecule has 3 amide bonds. The van der Waals surface area contributed by atoms with Crippen LogP contribution in [0.3, 0.4) is 0 Å². The van der Waals surface area contributed by atoms with Gasteiger partial charge < -0.3 is 49.7 Å². The molecule has 0 fully saturated rings. The van der Waals surface area contributed by atoms with Gasteiger partial charge in [-0.15, -0.1) is 0 Å². The molecule has 13 N–H and O–H groups in total. The first kappa shape index (κ1) is 32.2. The summed E-state index contributed by atoms with van der Waals surface area (Å²) in [5.74, 6) is -2.61. The van der Waals surface area contributed by atoms with Crippen LogP contribution < -0.4 is 49.7 Å². The van der Waals surface area contributed by atoms with Crippen molar-refractivity contribution in [3.05, 3.63) is 71.7 Å². The second kappa shape index (κ2) is 16.8. The molecule has 0 aliphatic heterocycles. The number of aliphatic imine (C=N–C) groups is 2. The molecule has 41 heavy (non-hydrogen) atoms. The first-order chi connectivity index (χ1) is 19.6. The van der Waals surface area contributed by atoms with Crippen LogP contribution in [-0.2, 0) is 20.8 Å². The van der Waals surface area contributed by atoms with Gasteiger partial charge in [0.1, 0.15) is 18.1 Å². The number of hydrogen-bond acceptors (Lipinski definition) is 7. The fourth-order valence-electron chi connectivity index (χ4n) is 3.93. The third kappa shape index (κ3) is 12.1. The van der Waals surface area contributed by atoms with Crippen molar-refractivity contribution in [2.45, 2.75) is 50.2 Å². The summed E-state index contributed by atoms with van der Waals surface area (Å²) in [7, 11) is 0. The first-order valence-corrected chi connectivity index (χ1v) is 13.1. The van der Waals surface area contributed by atoms with Crippen LogP contribution >= 0.6 is 0 Å². The highest BCUT2D eigenvalue weighted by Crippen LogP contribution is 2.11. The summed E-state index contributed by atoms with van der Waals surface area (Å²) in [4.78, 5) is 46.7. The maximum absolute atomic E-state index is 13.4. The average Bonchev–Trinajstić information content (AvgIpc) is 3.47. The number of carbonyl (C=O) groups is 3. The minimum Gasteiger partial charge on any atom is -0.860 e. The van der Waals surface area contributed by atoms with Crippen molar-refractivity contribution in [3.8, 4) is 0 Å². The van der Waals surface area contributed by atoms with Crippen LogP contribution in [0.2, 0.25) is 0 Å². The van der Waals surface area contributed by atoms with Crippen LogP contribution in [0.1, 0.15) is 31.2 Å². The van der Waals surface area contributed by atoms with E-state index in [-0.39, 0.29) is 44.3 Å². The van der Waals surface area contributed by atoms with Gasteiger partial charge in [0, 0.05) is 19.5 Å². The Kier molecular flexibility index (Phi) is 13.2. The van der Waals surface area contributed by atoms with Crippen molar-refractivity contribution in [3.63, 3.8) is 0 Å². The SMILES string of the molecule is NC(=O)[C@H](Cc1ccccc1)NC(=O)[C@H](CCCN=C(N)N)NC(=O)[C@H](CCCN=C(N)N)NC([O-])=C1C=CC=C1. The normalized spacial score (nSPS) is 13.9. The number of primary amides is 1. The number of nitrogens with zero attached hydrogens (tertiary/aromatic N) is 2. The lowest BCUT2D eigenvalue weighted by Gasteiger charge is -2.28. The minimum absolute atomic E-state index is 0.0937. The molecule has 14 nitrogen and oxygen atoms in total. The van der Waals surface area contributed by atoms with Crippen LogP contribution in [0, 0.1) is 0 Å².